The van der Waals surface area contributed by atoms with Crippen molar-refractivity contribution in [3.8, 4) is 0 Å². The second-order valence-corrected chi connectivity index (χ2v) is 5.12. The highest BCUT2D eigenvalue weighted by Gasteiger charge is 2.17. The van der Waals surface area contributed by atoms with Crippen LogP contribution in [0, 0.1) is 6.92 Å². The Hall–Kier alpha value is -0.960. The van der Waals surface area contributed by atoms with Crippen LogP contribution >= 0.6 is 11.8 Å². The van der Waals surface area contributed by atoms with Crippen LogP contribution in [0.25, 0.3) is 0 Å². The first kappa shape index (κ1) is 11.5. The van der Waals surface area contributed by atoms with Crippen molar-refractivity contribution in [1.82, 2.24) is 5.32 Å². The Bertz CT molecular complexity index is 387. The number of benzene rings is 1. The lowest BCUT2D eigenvalue weighted by atomic mass is 10.1. The maximum Gasteiger partial charge on any atom is 0.157 e. The number of hydrogen-bond donors (Lipinski definition) is 1. The molecular formula is C13H18N2S. The van der Waals surface area contributed by atoms with Crippen LogP contribution in [0.15, 0.2) is 29.3 Å². The highest BCUT2D eigenvalue weighted by Crippen LogP contribution is 2.17. The minimum atomic E-state index is 0.612. The third kappa shape index (κ3) is 2.79. The first-order valence-electron chi connectivity index (χ1n) is 5.78. The van der Waals surface area contributed by atoms with Gasteiger partial charge in [0.25, 0.3) is 0 Å². The van der Waals surface area contributed by atoms with Gasteiger partial charge in [-0.3, -0.25) is 4.99 Å². The quantitative estimate of drug-likeness (QED) is 0.869. The van der Waals surface area contributed by atoms with E-state index in [4.69, 9.17) is 0 Å². The Morgan fingerprint density at radius 2 is 2.25 bits per heavy atom. The average molecular weight is 234 g/mol. The molecule has 1 saturated heterocycles. The second-order valence-electron chi connectivity index (χ2n) is 4.11. The third-order valence-corrected chi connectivity index (χ3v) is 3.99. The summed E-state index contributed by atoms with van der Waals surface area (Å²) in [6.45, 7) is 5.14. The molecule has 0 saturated carbocycles. The Morgan fingerprint density at radius 3 is 2.94 bits per heavy atom. The summed E-state index contributed by atoms with van der Waals surface area (Å²) in [5.74, 6) is 1.16. The van der Waals surface area contributed by atoms with Crippen molar-refractivity contribution < 1.29 is 0 Å². The van der Waals surface area contributed by atoms with Crippen LogP contribution in [-0.4, -0.2) is 17.0 Å². The normalized spacial score (nSPS) is 22.4. The largest absolute Gasteiger partial charge is 0.361 e. The van der Waals surface area contributed by atoms with Crippen LogP contribution in [-0.2, 0) is 6.54 Å². The molecule has 0 aliphatic carbocycles. The molecular weight excluding hydrogens is 216 g/mol. The predicted molar refractivity (Wildman–Crippen MR) is 72.0 cm³/mol. The highest BCUT2D eigenvalue weighted by atomic mass is 32.2. The van der Waals surface area contributed by atoms with Crippen molar-refractivity contribution in [2.45, 2.75) is 32.9 Å². The fourth-order valence-corrected chi connectivity index (χ4v) is 2.78. The number of nitrogens with one attached hydrogen (secondary N) is 1. The molecule has 0 bridgehead atoms. The molecule has 1 N–H and O–H groups in total. The van der Waals surface area contributed by atoms with Gasteiger partial charge in [0.1, 0.15) is 0 Å². The molecule has 0 spiro atoms. The van der Waals surface area contributed by atoms with E-state index in [9.17, 15) is 0 Å². The van der Waals surface area contributed by atoms with Gasteiger partial charge >= 0.3 is 0 Å². The molecule has 1 aromatic rings. The van der Waals surface area contributed by atoms with Gasteiger partial charge in [-0.1, -0.05) is 43.0 Å². The minimum Gasteiger partial charge on any atom is -0.361 e. The fraction of sp³-hybridized carbons (Fsp3) is 0.462. The van der Waals surface area contributed by atoms with E-state index >= 15 is 0 Å². The van der Waals surface area contributed by atoms with E-state index in [1.165, 1.54) is 17.5 Å². The Kier molecular flexibility index (Phi) is 3.88. The zero-order valence-electron chi connectivity index (χ0n) is 9.86. The van der Waals surface area contributed by atoms with Gasteiger partial charge < -0.3 is 5.32 Å². The van der Waals surface area contributed by atoms with Crippen LogP contribution < -0.4 is 5.32 Å². The zero-order chi connectivity index (χ0) is 11.4. The Balaban J connectivity index is 1.97. The van der Waals surface area contributed by atoms with Crippen LogP contribution in [0.4, 0.5) is 0 Å². The maximum atomic E-state index is 4.62. The Morgan fingerprint density at radius 1 is 1.44 bits per heavy atom. The van der Waals surface area contributed by atoms with E-state index in [1.54, 1.807) is 0 Å². The molecule has 1 unspecified atom stereocenters. The number of aryl methyl sites for hydroxylation is 1. The van der Waals surface area contributed by atoms with Crippen LogP contribution in [0.3, 0.4) is 0 Å². The van der Waals surface area contributed by atoms with Gasteiger partial charge in [-0.05, 0) is 24.5 Å². The maximum absolute atomic E-state index is 4.62. The molecule has 16 heavy (non-hydrogen) atoms. The smallest absolute Gasteiger partial charge is 0.157 e. The number of nitrogens with zero attached hydrogens (tertiary/aromatic N) is 1. The van der Waals surface area contributed by atoms with Crippen molar-refractivity contribution in [3.63, 3.8) is 0 Å². The SMILES string of the molecule is CCC1CSC(=NCc2ccccc2C)N1. The number of amidine groups is 1. The number of thioether (sulfide) groups is 1. The molecule has 0 radical (unpaired) electrons. The minimum absolute atomic E-state index is 0.612. The van der Waals surface area contributed by atoms with E-state index < -0.39 is 0 Å². The monoisotopic (exact) mass is 234 g/mol. The Labute approximate surface area is 102 Å². The van der Waals surface area contributed by atoms with Gasteiger partial charge in [-0.15, -0.1) is 0 Å². The van der Waals surface area contributed by atoms with E-state index in [0.29, 0.717) is 6.04 Å². The number of aliphatic imine (C=N–C) groups is 1. The first-order valence-corrected chi connectivity index (χ1v) is 6.76. The standard InChI is InChI=1S/C13H18N2S/c1-3-12-9-16-13(15-12)14-8-11-7-5-4-6-10(11)2/h4-7,12H,3,8-9H2,1-2H3,(H,14,15). The molecule has 86 valence electrons. The van der Waals surface area contributed by atoms with Crippen LogP contribution in [0.5, 0.6) is 0 Å². The van der Waals surface area contributed by atoms with E-state index in [2.05, 4.69) is 48.4 Å². The molecule has 1 aliphatic heterocycles. The second kappa shape index (κ2) is 5.39. The molecule has 1 fully saturated rings. The fourth-order valence-electron chi connectivity index (χ4n) is 1.69. The molecule has 1 atom stereocenters. The topological polar surface area (TPSA) is 24.4 Å². The lowest BCUT2D eigenvalue weighted by Gasteiger charge is -2.05. The first-order chi connectivity index (χ1) is 7.79. The van der Waals surface area contributed by atoms with E-state index in [-0.39, 0.29) is 0 Å². The molecule has 0 aromatic heterocycles. The lowest BCUT2D eigenvalue weighted by Crippen LogP contribution is -2.25. The highest BCUT2D eigenvalue weighted by molar-refractivity contribution is 8.14. The molecule has 1 aliphatic rings. The molecule has 2 nitrogen and oxygen atoms in total. The summed E-state index contributed by atoms with van der Waals surface area (Å²) in [6.07, 6.45) is 1.18. The van der Waals surface area contributed by atoms with Crippen molar-refractivity contribution in [2.75, 3.05) is 5.75 Å². The summed E-state index contributed by atoms with van der Waals surface area (Å²) < 4.78 is 0. The van der Waals surface area contributed by atoms with Crippen LogP contribution in [0.2, 0.25) is 0 Å². The van der Waals surface area contributed by atoms with Gasteiger partial charge in [0.05, 0.1) is 6.54 Å². The van der Waals surface area contributed by atoms with Crippen molar-refractivity contribution >= 4 is 16.9 Å². The summed E-state index contributed by atoms with van der Waals surface area (Å²) in [4.78, 5) is 4.62. The molecule has 1 aromatic carbocycles. The molecule has 1 heterocycles. The summed E-state index contributed by atoms with van der Waals surface area (Å²) in [5, 5.41) is 4.55. The third-order valence-electron chi connectivity index (χ3n) is 2.90. The molecule has 3 heteroatoms. The summed E-state index contributed by atoms with van der Waals surface area (Å²) >= 11 is 1.84. The predicted octanol–water partition coefficient (Wildman–Crippen LogP) is 2.97. The summed E-state index contributed by atoms with van der Waals surface area (Å²) in [7, 11) is 0. The molecule has 0 amide bonds. The van der Waals surface area contributed by atoms with Crippen molar-refractivity contribution in [3.05, 3.63) is 35.4 Å². The lowest BCUT2D eigenvalue weighted by molar-refractivity contribution is 0.667. The van der Waals surface area contributed by atoms with Gasteiger partial charge in [-0.25, -0.2) is 0 Å². The van der Waals surface area contributed by atoms with Crippen molar-refractivity contribution in [2.24, 2.45) is 4.99 Å². The van der Waals surface area contributed by atoms with Crippen molar-refractivity contribution in [1.29, 1.82) is 0 Å². The number of rotatable bonds is 3. The summed E-state index contributed by atoms with van der Waals surface area (Å²) in [5.41, 5.74) is 2.64. The average Bonchev–Trinajstić information content (AvgIpc) is 2.76. The zero-order valence-corrected chi connectivity index (χ0v) is 10.7. The van der Waals surface area contributed by atoms with E-state index in [0.717, 1.165) is 17.5 Å². The van der Waals surface area contributed by atoms with Gasteiger partial charge in [0.2, 0.25) is 0 Å². The van der Waals surface area contributed by atoms with E-state index in [1.807, 2.05) is 11.8 Å². The van der Waals surface area contributed by atoms with Gasteiger partial charge in [0.15, 0.2) is 5.17 Å². The summed E-state index contributed by atoms with van der Waals surface area (Å²) in [6, 6.07) is 9.05. The number of hydrogen-bond acceptors (Lipinski definition) is 2. The van der Waals surface area contributed by atoms with Gasteiger partial charge in [-0.2, -0.15) is 0 Å². The van der Waals surface area contributed by atoms with Gasteiger partial charge in [0, 0.05) is 11.8 Å². The van der Waals surface area contributed by atoms with Crippen LogP contribution in [0.1, 0.15) is 24.5 Å². The molecule has 2 rings (SSSR count).